The molecular weight excluding hydrogens is 246 g/mol. The fourth-order valence-electron chi connectivity index (χ4n) is 1.99. The minimum Gasteiger partial charge on any atom is -0.457 e. The average molecular weight is 269 g/mol. The molecular formula is C18H23NO. The summed E-state index contributed by atoms with van der Waals surface area (Å²) in [5, 5.41) is 3.42. The summed E-state index contributed by atoms with van der Waals surface area (Å²) in [6, 6.07) is 15.0. The van der Waals surface area contributed by atoms with Gasteiger partial charge in [-0.3, -0.25) is 0 Å². The maximum atomic E-state index is 5.92. The molecule has 2 aromatic carbocycles. The van der Waals surface area contributed by atoms with Gasteiger partial charge in [0.15, 0.2) is 0 Å². The molecule has 0 fully saturated rings. The lowest BCUT2D eigenvalue weighted by molar-refractivity contribution is 0.478. The van der Waals surface area contributed by atoms with E-state index in [0.29, 0.717) is 6.04 Å². The van der Waals surface area contributed by atoms with Crippen LogP contribution < -0.4 is 10.1 Å². The van der Waals surface area contributed by atoms with E-state index in [0.717, 1.165) is 23.6 Å². The first-order valence-corrected chi connectivity index (χ1v) is 7.12. The minimum atomic E-state index is 0.499. The molecule has 0 spiro atoms. The van der Waals surface area contributed by atoms with Gasteiger partial charge in [-0.25, -0.2) is 0 Å². The Morgan fingerprint density at radius 2 is 1.70 bits per heavy atom. The molecule has 2 heteroatoms. The van der Waals surface area contributed by atoms with Gasteiger partial charge in [-0.05, 0) is 43.2 Å². The molecule has 0 saturated carbocycles. The summed E-state index contributed by atoms with van der Waals surface area (Å²) < 4.78 is 5.92. The van der Waals surface area contributed by atoms with Crippen molar-refractivity contribution in [3.05, 3.63) is 59.2 Å². The molecule has 0 amide bonds. The molecule has 2 aromatic rings. The van der Waals surface area contributed by atoms with Crippen LogP contribution in [0.5, 0.6) is 11.5 Å². The lowest BCUT2D eigenvalue weighted by Crippen LogP contribution is -2.21. The van der Waals surface area contributed by atoms with Crippen molar-refractivity contribution in [1.29, 1.82) is 0 Å². The first kappa shape index (κ1) is 14.6. The Kier molecular flexibility index (Phi) is 4.80. The molecule has 0 aliphatic rings. The Hall–Kier alpha value is -1.80. The first-order chi connectivity index (χ1) is 9.54. The average Bonchev–Trinajstić information content (AvgIpc) is 2.41. The highest BCUT2D eigenvalue weighted by Gasteiger charge is 2.03. The summed E-state index contributed by atoms with van der Waals surface area (Å²) in [5.41, 5.74) is 3.69. The summed E-state index contributed by atoms with van der Waals surface area (Å²) in [6.07, 6.45) is 0. The van der Waals surface area contributed by atoms with Crippen LogP contribution in [0, 0.1) is 13.8 Å². The standard InChI is InChI=1S/C18H23NO/c1-13(2)19-12-16-7-10-18(15(4)11-16)20-17-8-5-14(3)6-9-17/h5-11,13,19H,12H2,1-4H3. The molecule has 0 unspecified atom stereocenters. The van der Waals surface area contributed by atoms with Gasteiger partial charge in [0.25, 0.3) is 0 Å². The second kappa shape index (κ2) is 6.58. The second-order valence-corrected chi connectivity index (χ2v) is 5.55. The van der Waals surface area contributed by atoms with Crippen molar-refractivity contribution in [2.45, 2.75) is 40.3 Å². The zero-order chi connectivity index (χ0) is 14.5. The molecule has 0 bridgehead atoms. The van der Waals surface area contributed by atoms with Gasteiger partial charge in [-0.1, -0.05) is 43.7 Å². The van der Waals surface area contributed by atoms with Crippen molar-refractivity contribution >= 4 is 0 Å². The second-order valence-electron chi connectivity index (χ2n) is 5.55. The van der Waals surface area contributed by atoms with E-state index in [-0.39, 0.29) is 0 Å². The monoisotopic (exact) mass is 269 g/mol. The van der Waals surface area contributed by atoms with Crippen LogP contribution in [-0.2, 0) is 6.54 Å². The third-order valence-electron chi connectivity index (χ3n) is 3.20. The Bertz CT molecular complexity index is 558. The lowest BCUT2D eigenvalue weighted by atomic mass is 10.1. The number of hydrogen-bond acceptors (Lipinski definition) is 2. The molecule has 0 radical (unpaired) electrons. The van der Waals surface area contributed by atoms with Crippen molar-refractivity contribution < 1.29 is 4.74 Å². The van der Waals surface area contributed by atoms with E-state index in [1.807, 2.05) is 18.2 Å². The Labute approximate surface area is 121 Å². The molecule has 0 aliphatic carbocycles. The van der Waals surface area contributed by atoms with E-state index in [1.54, 1.807) is 0 Å². The summed E-state index contributed by atoms with van der Waals surface area (Å²) in [5.74, 6) is 1.80. The van der Waals surface area contributed by atoms with Crippen LogP contribution in [0.2, 0.25) is 0 Å². The van der Waals surface area contributed by atoms with Gasteiger partial charge in [-0.2, -0.15) is 0 Å². The zero-order valence-electron chi connectivity index (χ0n) is 12.7. The van der Waals surface area contributed by atoms with E-state index in [4.69, 9.17) is 4.74 Å². The van der Waals surface area contributed by atoms with Crippen LogP contribution in [0.4, 0.5) is 0 Å². The zero-order valence-corrected chi connectivity index (χ0v) is 12.7. The van der Waals surface area contributed by atoms with Crippen molar-refractivity contribution in [2.75, 3.05) is 0 Å². The molecule has 106 valence electrons. The van der Waals surface area contributed by atoms with Gasteiger partial charge >= 0.3 is 0 Å². The molecule has 2 nitrogen and oxygen atoms in total. The Morgan fingerprint density at radius 3 is 2.30 bits per heavy atom. The summed E-state index contributed by atoms with van der Waals surface area (Å²) in [4.78, 5) is 0. The predicted molar refractivity (Wildman–Crippen MR) is 84.4 cm³/mol. The number of benzene rings is 2. The smallest absolute Gasteiger partial charge is 0.130 e. The molecule has 2 rings (SSSR count). The van der Waals surface area contributed by atoms with E-state index >= 15 is 0 Å². The van der Waals surface area contributed by atoms with E-state index in [1.165, 1.54) is 11.1 Å². The van der Waals surface area contributed by atoms with Gasteiger partial charge in [0, 0.05) is 12.6 Å². The Balaban J connectivity index is 2.07. The molecule has 0 aliphatic heterocycles. The number of hydrogen-bond donors (Lipinski definition) is 1. The number of ether oxygens (including phenoxy) is 1. The molecule has 0 atom stereocenters. The highest BCUT2D eigenvalue weighted by Crippen LogP contribution is 2.26. The van der Waals surface area contributed by atoms with Crippen LogP contribution in [0.1, 0.15) is 30.5 Å². The maximum absolute atomic E-state index is 5.92. The molecule has 20 heavy (non-hydrogen) atoms. The Morgan fingerprint density at radius 1 is 1.00 bits per heavy atom. The normalized spacial score (nSPS) is 10.8. The van der Waals surface area contributed by atoms with Crippen molar-refractivity contribution in [1.82, 2.24) is 5.32 Å². The fourth-order valence-corrected chi connectivity index (χ4v) is 1.99. The lowest BCUT2D eigenvalue weighted by Gasteiger charge is -2.12. The fraction of sp³-hybridized carbons (Fsp3) is 0.333. The van der Waals surface area contributed by atoms with Crippen molar-refractivity contribution in [3.8, 4) is 11.5 Å². The van der Waals surface area contributed by atoms with Crippen molar-refractivity contribution in [3.63, 3.8) is 0 Å². The van der Waals surface area contributed by atoms with E-state index in [2.05, 4.69) is 57.3 Å². The van der Waals surface area contributed by atoms with Crippen LogP contribution in [0.3, 0.4) is 0 Å². The SMILES string of the molecule is Cc1ccc(Oc2ccc(CNC(C)C)cc2C)cc1. The van der Waals surface area contributed by atoms with Gasteiger partial charge in [-0.15, -0.1) is 0 Å². The van der Waals surface area contributed by atoms with Gasteiger partial charge in [0.2, 0.25) is 0 Å². The highest BCUT2D eigenvalue weighted by molar-refractivity contribution is 5.40. The third-order valence-corrected chi connectivity index (χ3v) is 3.20. The highest BCUT2D eigenvalue weighted by atomic mass is 16.5. The summed E-state index contributed by atoms with van der Waals surface area (Å²) >= 11 is 0. The van der Waals surface area contributed by atoms with Gasteiger partial charge in [0.05, 0.1) is 0 Å². The van der Waals surface area contributed by atoms with Crippen LogP contribution in [-0.4, -0.2) is 6.04 Å². The summed E-state index contributed by atoms with van der Waals surface area (Å²) in [7, 11) is 0. The molecule has 1 N–H and O–H groups in total. The minimum absolute atomic E-state index is 0.499. The van der Waals surface area contributed by atoms with Crippen LogP contribution in [0.25, 0.3) is 0 Å². The van der Waals surface area contributed by atoms with Crippen molar-refractivity contribution in [2.24, 2.45) is 0 Å². The molecule has 0 saturated heterocycles. The third kappa shape index (κ3) is 4.10. The van der Waals surface area contributed by atoms with Gasteiger partial charge < -0.3 is 10.1 Å². The first-order valence-electron chi connectivity index (χ1n) is 7.12. The molecule has 0 heterocycles. The quantitative estimate of drug-likeness (QED) is 0.857. The van der Waals surface area contributed by atoms with E-state index < -0.39 is 0 Å². The number of aryl methyl sites for hydroxylation is 2. The van der Waals surface area contributed by atoms with Crippen LogP contribution in [0.15, 0.2) is 42.5 Å². The number of nitrogens with one attached hydrogen (secondary N) is 1. The molecule has 0 aromatic heterocycles. The predicted octanol–water partition coefficient (Wildman–Crippen LogP) is 4.59. The topological polar surface area (TPSA) is 21.3 Å². The van der Waals surface area contributed by atoms with Crippen LogP contribution >= 0.6 is 0 Å². The van der Waals surface area contributed by atoms with E-state index in [9.17, 15) is 0 Å². The maximum Gasteiger partial charge on any atom is 0.130 e. The van der Waals surface area contributed by atoms with Gasteiger partial charge in [0.1, 0.15) is 11.5 Å². The largest absolute Gasteiger partial charge is 0.457 e. The number of rotatable bonds is 5. The summed E-state index contributed by atoms with van der Waals surface area (Å²) in [6.45, 7) is 9.36.